The number of methoxy groups -OCH3 is 1. The molecule has 0 saturated heterocycles. The summed E-state index contributed by atoms with van der Waals surface area (Å²) < 4.78 is 24.7. The number of rotatable bonds is 10. The second kappa shape index (κ2) is 11.5. The van der Waals surface area contributed by atoms with E-state index >= 15 is 0 Å². The van der Waals surface area contributed by atoms with Gasteiger partial charge in [-0.15, -0.1) is 0 Å². The van der Waals surface area contributed by atoms with Crippen LogP contribution in [0.15, 0.2) is 60.7 Å². The van der Waals surface area contributed by atoms with Crippen LogP contribution in [0.25, 0.3) is 0 Å². The summed E-state index contributed by atoms with van der Waals surface area (Å²) in [6, 6.07) is 17.6. The van der Waals surface area contributed by atoms with Gasteiger partial charge < -0.3 is 20.1 Å². The maximum atomic E-state index is 13.7. The molecule has 1 amide bonds. The third kappa shape index (κ3) is 6.70. The number of ether oxygens (including phenoxy) is 2. The Labute approximate surface area is 192 Å². The Balaban J connectivity index is 1.54. The van der Waals surface area contributed by atoms with Crippen molar-refractivity contribution in [1.29, 1.82) is 0 Å². The Morgan fingerprint density at radius 1 is 1.03 bits per heavy atom. The number of aryl methyl sites for hydroxylation is 1. The first-order chi connectivity index (χ1) is 15.5. The summed E-state index contributed by atoms with van der Waals surface area (Å²) in [5.41, 5.74) is 3.29. The number of benzene rings is 3. The van der Waals surface area contributed by atoms with E-state index in [4.69, 9.17) is 21.1 Å². The van der Waals surface area contributed by atoms with Gasteiger partial charge in [-0.3, -0.25) is 4.79 Å². The third-order valence-electron chi connectivity index (χ3n) is 4.87. The molecule has 0 fully saturated rings. The highest BCUT2D eigenvalue weighted by Gasteiger charge is 2.13. The quantitative estimate of drug-likeness (QED) is 0.414. The highest BCUT2D eigenvalue weighted by Crippen LogP contribution is 2.33. The Kier molecular flexibility index (Phi) is 8.48. The maximum Gasteiger partial charge on any atom is 0.262 e. The van der Waals surface area contributed by atoms with Crippen molar-refractivity contribution < 1.29 is 18.7 Å². The molecule has 3 aromatic carbocycles. The Hall–Kier alpha value is -3.09. The molecule has 0 atom stereocenters. The Morgan fingerprint density at radius 2 is 1.78 bits per heavy atom. The molecule has 0 unspecified atom stereocenters. The van der Waals surface area contributed by atoms with Crippen LogP contribution in [0.4, 0.5) is 10.1 Å². The van der Waals surface area contributed by atoms with Crippen LogP contribution in [-0.4, -0.2) is 26.2 Å². The second-order valence-corrected chi connectivity index (χ2v) is 7.72. The van der Waals surface area contributed by atoms with Crippen LogP contribution in [0.3, 0.4) is 0 Å². The fraction of sp³-hybridized carbons (Fsp3) is 0.240. The summed E-state index contributed by atoms with van der Waals surface area (Å²) in [4.78, 5) is 12.2. The highest BCUT2D eigenvalue weighted by molar-refractivity contribution is 6.31. The molecule has 0 aliphatic rings. The van der Waals surface area contributed by atoms with E-state index in [1.54, 1.807) is 24.3 Å². The van der Waals surface area contributed by atoms with Gasteiger partial charge in [0.1, 0.15) is 5.82 Å². The molecule has 7 heteroatoms. The van der Waals surface area contributed by atoms with Crippen LogP contribution in [-0.2, 0) is 17.8 Å². The zero-order valence-corrected chi connectivity index (χ0v) is 18.8. The average molecular weight is 457 g/mol. The molecule has 0 bridgehead atoms. The molecule has 0 radical (unpaired) electrons. The minimum absolute atomic E-state index is 0.180. The van der Waals surface area contributed by atoms with E-state index in [9.17, 15) is 9.18 Å². The number of carbonyl (C=O) groups is 1. The second-order valence-electron chi connectivity index (χ2n) is 7.32. The zero-order chi connectivity index (χ0) is 22.9. The number of halogens is 2. The predicted octanol–water partition coefficient (Wildman–Crippen LogP) is 5.15. The van der Waals surface area contributed by atoms with Gasteiger partial charge in [0.05, 0.1) is 7.11 Å². The van der Waals surface area contributed by atoms with Gasteiger partial charge in [-0.25, -0.2) is 4.39 Å². The predicted molar refractivity (Wildman–Crippen MR) is 125 cm³/mol. The fourth-order valence-corrected chi connectivity index (χ4v) is 3.33. The van der Waals surface area contributed by atoms with Gasteiger partial charge in [-0.05, 0) is 55.3 Å². The summed E-state index contributed by atoms with van der Waals surface area (Å²) >= 11 is 6.40. The first kappa shape index (κ1) is 23.6. The van der Waals surface area contributed by atoms with Crippen molar-refractivity contribution in [3.05, 3.63) is 88.2 Å². The van der Waals surface area contributed by atoms with Gasteiger partial charge in [0.2, 0.25) is 0 Å². The lowest BCUT2D eigenvalue weighted by Gasteiger charge is -2.14. The van der Waals surface area contributed by atoms with Gasteiger partial charge in [-0.1, -0.05) is 47.5 Å². The van der Waals surface area contributed by atoms with Gasteiger partial charge in [0.15, 0.2) is 18.1 Å². The SMILES string of the molecule is COc1cc(CNCCc2ccccc2F)c(Cl)cc1OCC(=O)Nc1ccc(C)cc1. The molecule has 2 N–H and O–H groups in total. The van der Waals surface area contributed by atoms with Crippen LogP contribution < -0.4 is 20.1 Å². The molecule has 0 heterocycles. The van der Waals surface area contributed by atoms with Crippen LogP contribution in [0.5, 0.6) is 11.5 Å². The molecule has 3 rings (SSSR count). The average Bonchev–Trinajstić information content (AvgIpc) is 2.79. The summed E-state index contributed by atoms with van der Waals surface area (Å²) in [6.45, 7) is 2.88. The molecular weight excluding hydrogens is 431 g/mol. The zero-order valence-electron chi connectivity index (χ0n) is 18.1. The first-order valence-corrected chi connectivity index (χ1v) is 10.6. The van der Waals surface area contributed by atoms with Crippen molar-refractivity contribution in [3.63, 3.8) is 0 Å². The van der Waals surface area contributed by atoms with E-state index in [-0.39, 0.29) is 18.3 Å². The number of carbonyl (C=O) groups excluding carboxylic acids is 1. The highest BCUT2D eigenvalue weighted by atomic mass is 35.5. The molecule has 0 aliphatic carbocycles. The van der Waals surface area contributed by atoms with E-state index in [1.165, 1.54) is 13.2 Å². The molecular formula is C25H26ClFN2O3. The Morgan fingerprint density at radius 3 is 2.50 bits per heavy atom. The lowest BCUT2D eigenvalue weighted by atomic mass is 10.1. The van der Waals surface area contributed by atoms with E-state index in [2.05, 4.69) is 10.6 Å². The van der Waals surface area contributed by atoms with Crippen LogP contribution in [0.1, 0.15) is 16.7 Å². The monoisotopic (exact) mass is 456 g/mol. The van der Waals surface area contributed by atoms with E-state index in [0.717, 1.165) is 11.1 Å². The van der Waals surface area contributed by atoms with Crippen molar-refractivity contribution >= 4 is 23.2 Å². The van der Waals surface area contributed by atoms with E-state index < -0.39 is 0 Å². The summed E-state index contributed by atoms with van der Waals surface area (Å²) in [7, 11) is 1.53. The normalized spacial score (nSPS) is 10.6. The summed E-state index contributed by atoms with van der Waals surface area (Å²) in [5.74, 6) is 0.364. The smallest absolute Gasteiger partial charge is 0.262 e. The summed E-state index contributed by atoms with van der Waals surface area (Å²) in [6.07, 6.45) is 0.568. The van der Waals surface area contributed by atoms with Crippen LogP contribution in [0.2, 0.25) is 5.02 Å². The van der Waals surface area contributed by atoms with Crippen molar-refractivity contribution in [3.8, 4) is 11.5 Å². The number of hydrogen-bond donors (Lipinski definition) is 2. The maximum absolute atomic E-state index is 13.7. The molecule has 32 heavy (non-hydrogen) atoms. The minimum atomic E-state index is -0.286. The van der Waals surface area contributed by atoms with Crippen molar-refractivity contribution in [2.24, 2.45) is 0 Å². The lowest BCUT2D eigenvalue weighted by Crippen LogP contribution is -2.20. The van der Waals surface area contributed by atoms with Crippen LogP contribution >= 0.6 is 11.6 Å². The molecule has 0 aliphatic heterocycles. The van der Waals surface area contributed by atoms with Crippen molar-refractivity contribution in [2.45, 2.75) is 19.9 Å². The van der Waals surface area contributed by atoms with Crippen LogP contribution in [0, 0.1) is 12.7 Å². The minimum Gasteiger partial charge on any atom is -0.493 e. The molecule has 0 saturated carbocycles. The van der Waals surface area contributed by atoms with Gasteiger partial charge in [-0.2, -0.15) is 0 Å². The number of nitrogens with one attached hydrogen (secondary N) is 2. The number of amides is 1. The largest absolute Gasteiger partial charge is 0.493 e. The molecule has 0 spiro atoms. The van der Waals surface area contributed by atoms with Crippen molar-refractivity contribution in [2.75, 3.05) is 25.6 Å². The number of anilines is 1. The molecule has 168 valence electrons. The summed E-state index contributed by atoms with van der Waals surface area (Å²) in [5, 5.41) is 6.52. The van der Waals surface area contributed by atoms with Gasteiger partial charge in [0, 0.05) is 23.3 Å². The topological polar surface area (TPSA) is 59.6 Å². The van der Waals surface area contributed by atoms with Gasteiger partial charge >= 0.3 is 0 Å². The molecule has 5 nitrogen and oxygen atoms in total. The molecule has 3 aromatic rings. The standard InChI is InChI=1S/C25H26ClFN2O3/c1-17-7-9-20(10-8-17)29-25(30)16-32-24-14-21(26)19(13-23(24)31-2)15-28-12-11-18-5-3-4-6-22(18)27/h3-10,13-14,28H,11-12,15-16H2,1-2H3,(H,29,30). The Bertz CT molecular complexity index is 1060. The van der Waals surface area contributed by atoms with E-state index in [0.29, 0.717) is 47.3 Å². The lowest BCUT2D eigenvalue weighted by molar-refractivity contribution is -0.118. The number of hydrogen-bond acceptors (Lipinski definition) is 4. The first-order valence-electron chi connectivity index (χ1n) is 10.3. The van der Waals surface area contributed by atoms with E-state index in [1.807, 2.05) is 37.3 Å². The van der Waals surface area contributed by atoms with Crippen molar-refractivity contribution in [1.82, 2.24) is 5.32 Å². The third-order valence-corrected chi connectivity index (χ3v) is 5.22. The fourth-order valence-electron chi connectivity index (χ4n) is 3.11. The van der Waals surface area contributed by atoms with Gasteiger partial charge in [0.25, 0.3) is 5.91 Å². The molecule has 0 aromatic heterocycles.